The Bertz CT molecular complexity index is 226. The molecule has 0 aromatic rings. The van der Waals surface area contributed by atoms with Gasteiger partial charge in [0.25, 0.3) is 0 Å². The van der Waals surface area contributed by atoms with Crippen LogP contribution in [0, 0.1) is 0 Å². The highest BCUT2D eigenvalue weighted by atomic mass is 16.2. The van der Waals surface area contributed by atoms with E-state index in [1.54, 1.807) is 0 Å². The molecule has 0 bridgehead atoms. The predicted octanol–water partition coefficient (Wildman–Crippen LogP) is -0.0975. The molecule has 1 atom stereocenters. The third-order valence-corrected chi connectivity index (χ3v) is 3.53. The maximum Gasteiger partial charge on any atom is 0.239 e. The van der Waals surface area contributed by atoms with Crippen LogP contribution in [0.15, 0.2) is 0 Å². The summed E-state index contributed by atoms with van der Waals surface area (Å²) < 4.78 is 0. The van der Waals surface area contributed by atoms with E-state index in [1.807, 2.05) is 11.9 Å². The molecule has 4 heteroatoms. The van der Waals surface area contributed by atoms with Gasteiger partial charge in [-0.05, 0) is 39.4 Å². The molecular weight excluding hydrogens is 190 g/mol. The topological polar surface area (TPSA) is 35.6 Å². The first kappa shape index (κ1) is 10.9. The number of carbonyl (C=O) groups is 1. The molecule has 0 saturated carbocycles. The third kappa shape index (κ3) is 2.49. The molecule has 1 unspecified atom stereocenters. The molecule has 0 radical (unpaired) electrons. The van der Waals surface area contributed by atoms with Crippen molar-refractivity contribution in [2.75, 3.05) is 39.8 Å². The first-order valence-corrected chi connectivity index (χ1v) is 5.99. The zero-order valence-corrected chi connectivity index (χ0v) is 9.54. The van der Waals surface area contributed by atoms with Gasteiger partial charge in [0, 0.05) is 19.6 Å². The van der Waals surface area contributed by atoms with Crippen LogP contribution in [0.25, 0.3) is 0 Å². The molecule has 0 aromatic heterocycles. The van der Waals surface area contributed by atoms with Crippen LogP contribution in [-0.4, -0.2) is 61.5 Å². The Balaban J connectivity index is 1.73. The second-order valence-electron chi connectivity index (χ2n) is 4.50. The van der Waals surface area contributed by atoms with Crippen molar-refractivity contribution in [2.24, 2.45) is 0 Å². The Kier molecular flexibility index (Phi) is 3.59. The van der Waals surface area contributed by atoms with Crippen LogP contribution in [0.4, 0.5) is 0 Å². The number of nitrogens with one attached hydrogen (secondary N) is 1. The van der Waals surface area contributed by atoms with Crippen LogP contribution in [0.3, 0.4) is 0 Å². The van der Waals surface area contributed by atoms with E-state index in [2.05, 4.69) is 10.2 Å². The van der Waals surface area contributed by atoms with Crippen LogP contribution in [0.1, 0.15) is 19.3 Å². The quantitative estimate of drug-likeness (QED) is 0.705. The van der Waals surface area contributed by atoms with Gasteiger partial charge in [-0.2, -0.15) is 0 Å². The lowest BCUT2D eigenvalue weighted by Gasteiger charge is -2.21. The van der Waals surface area contributed by atoms with Crippen LogP contribution in [0.2, 0.25) is 0 Å². The molecular formula is C11H21N3O. The van der Waals surface area contributed by atoms with Gasteiger partial charge in [-0.25, -0.2) is 0 Å². The normalized spacial score (nSPS) is 27.9. The number of likely N-dealkylation sites (tertiary alicyclic amines) is 2. The van der Waals surface area contributed by atoms with Gasteiger partial charge in [0.05, 0.1) is 6.04 Å². The number of hydrogen-bond acceptors (Lipinski definition) is 3. The van der Waals surface area contributed by atoms with Crippen molar-refractivity contribution in [3.8, 4) is 0 Å². The fourth-order valence-electron chi connectivity index (χ4n) is 2.50. The van der Waals surface area contributed by atoms with Crippen LogP contribution in [-0.2, 0) is 4.79 Å². The van der Waals surface area contributed by atoms with Crippen molar-refractivity contribution in [1.29, 1.82) is 0 Å². The molecule has 2 fully saturated rings. The molecule has 0 aromatic carbocycles. The molecule has 4 nitrogen and oxygen atoms in total. The van der Waals surface area contributed by atoms with Gasteiger partial charge in [-0.1, -0.05) is 0 Å². The summed E-state index contributed by atoms with van der Waals surface area (Å²) in [5.74, 6) is 0.289. The fraction of sp³-hybridized carbons (Fsp3) is 0.909. The Labute approximate surface area is 91.6 Å². The summed E-state index contributed by atoms with van der Waals surface area (Å²) in [5.41, 5.74) is 0. The zero-order valence-electron chi connectivity index (χ0n) is 9.54. The maximum atomic E-state index is 11.8. The van der Waals surface area contributed by atoms with Gasteiger partial charge in [0.2, 0.25) is 5.91 Å². The van der Waals surface area contributed by atoms with Gasteiger partial charge in [0.15, 0.2) is 0 Å². The lowest BCUT2D eigenvalue weighted by Crippen LogP contribution is -2.39. The molecule has 1 N–H and O–H groups in total. The van der Waals surface area contributed by atoms with E-state index >= 15 is 0 Å². The van der Waals surface area contributed by atoms with Gasteiger partial charge in [-0.3, -0.25) is 4.79 Å². The van der Waals surface area contributed by atoms with E-state index in [1.165, 1.54) is 25.9 Å². The lowest BCUT2D eigenvalue weighted by molar-refractivity contribution is -0.129. The largest absolute Gasteiger partial charge is 0.340 e. The molecule has 86 valence electrons. The highest BCUT2D eigenvalue weighted by molar-refractivity contribution is 5.83. The van der Waals surface area contributed by atoms with Gasteiger partial charge in [0.1, 0.15) is 0 Å². The molecule has 0 spiro atoms. The van der Waals surface area contributed by atoms with Crippen molar-refractivity contribution >= 4 is 5.91 Å². The van der Waals surface area contributed by atoms with Gasteiger partial charge in [-0.15, -0.1) is 0 Å². The number of nitrogens with zero attached hydrogens (tertiary/aromatic N) is 2. The third-order valence-electron chi connectivity index (χ3n) is 3.53. The summed E-state index contributed by atoms with van der Waals surface area (Å²) in [4.78, 5) is 16.2. The standard InChI is InChI=1S/C11H21N3O/c1-12-10-4-7-14(11(10)15)9-8-13-5-2-3-6-13/h10,12H,2-9H2,1H3. The van der Waals surface area contributed by atoms with E-state index in [0.717, 1.165) is 26.1 Å². The van der Waals surface area contributed by atoms with Crippen molar-refractivity contribution in [3.05, 3.63) is 0 Å². The zero-order chi connectivity index (χ0) is 10.7. The average Bonchev–Trinajstić information content (AvgIpc) is 2.85. The van der Waals surface area contributed by atoms with Crippen molar-refractivity contribution < 1.29 is 4.79 Å². The molecule has 2 saturated heterocycles. The molecule has 2 aliphatic rings. The lowest BCUT2D eigenvalue weighted by atomic mass is 10.3. The number of hydrogen-bond donors (Lipinski definition) is 1. The number of carbonyl (C=O) groups excluding carboxylic acids is 1. The number of amides is 1. The molecule has 0 aliphatic carbocycles. The van der Waals surface area contributed by atoms with E-state index in [9.17, 15) is 4.79 Å². The Morgan fingerprint density at radius 1 is 1.27 bits per heavy atom. The van der Waals surface area contributed by atoms with Crippen molar-refractivity contribution in [3.63, 3.8) is 0 Å². The summed E-state index contributed by atoms with van der Waals surface area (Å²) in [7, 11) is 1.87. The Hall–Kier alpha value is -0.610. The van der Waals surface area contributed by atoms with E-state index < -0.39 is 0 Å². The minimum Gasteiger partial charge on any atom is -0.340 e. The first-order valence-electron chi connectivity index (χ1n) is 5.99. The Morgan fingerprint density at radius 3 is 2.60 bits per heavy atom. The minimum absolute atomic E-state index is 0.0728. The van der Waals surface area contributed by atoms with E-state index in [4.69, 9.17) is 0 Å². The van der Waals surface area contributed by atoms with Crippen LogP contribution < -0.4 is 5.32 Å². The van der Waals surface area contributed by atoms with Gasteiger partial charge < -0.3 is 15.1 Å². The molecule has 1 amide bonds. The van der Waals surface area contributed by atoms with Crippen molar-refractivity contribution in [2.45, 2.75) is 25.3 Å². The summed E-state index contributed by atoms with van der Waals surface area (Å²) in [6.07, 6.45) is 3.62. The summed E-state index contributed by atoms with van der Waals surface area (Å²) in [5, 5.41) is 3.07. The van der Waals surface area contributed by atoms with Crippen LogP contribution in [0.5, 0.6) is 0 Å². The SMILES string of the molecule is CNC1CCN(CCN2CCCC2)C1=O. The summed E-state index contributed by atoms with van der Waals surface area (Å²) in [6, 6.07) is 0.0728. The van der Waals surface area contributed by atoms with Crippen molar-refractivity contribution in [1.82, 2.24) is 15.1 Å². The second-order valence-corrected chi connectivity index (χ2v) is 4.50. The minimum atomic E-state index is 0.0728. The monoisotopic (exact) mass is 211 g/mol. The fourth-order valence-corrected chi connectivity index (χ4v) is 2.50. The Morgan fingerprint density at radius 2 is 2.00 bits per heavy atom. The van der Waals surface area contributed by atoms with Gasteiger partial charge >= 0.3 is 0 Å². The molecule has 2 rings (SSSR count). The number of rotatable bonds is 4. The number of likely N-dealkylation sites (N-methyl/N-ethyl adjacent to an activating group) is 1. The summed E-state index contributed by atoms with van der Waals surface area (Å²) >= 11 is 0. The van der Waals surface area contributed by atoms with E-state index in [0.29, 0.717) is 0 Å². The van der Waals surface area contributed by atoms with Crippen LogP contribution >= 0.6 is 0 Å². The van der Waals surface area contributed by atoms with E-state index in [-0.39, 0.29) is 11.9 Å². The summed E-state index contributed by atoms with van der Waals surface area (Å²) in [6.45, 7) is 5.34. The maximum absolute atomic E-state index is 11.8. The highest BCUT2D eigenvalue weighted by Crippen LogP contribution is 2.12. The molecule has 15 heavy (non-hydrogen) atoms. The molecule has 2 aliphatic heterocycles. The smallest absolute Gasteiger partial charge is 0.239 e. The highest BCUT2D eigenvalue weighted by Gasteiger charge is 2.30. The predicted molar refractivity (Wildman–Crippen MR) is 59.7 cm³/mol. The average molecular weight is 211 g/mol. The second kappa shape index (κ2) is 4.94. The molecule has 2 heterocycles. The first-order chi connectivity index (χ1) is 7.31.